The van der Waals surface area contributed by atoms with Crippen LogP contribution < -0.4 is 10.7 Å². The van der Waals surface area contributed by atoms with Crippen LogP contribution >= 0.6 is 0 Å². The van der Waals surface area contributed by atoms with Crippen LogP contribution in [0, 0.1) is 19.7 Å². The molecule has 6 nitrogen and oxygen atoms in total. The summed E-state index contributed by atoms with van der Waals surface area (Å²) in [6.45, 7) is 3.71. The Kier molecular flexibility index (Phi) is 5.64. The van der Waals surface area contributed by atoms with Gasteiger partial charge in [-0.15, -0.1) is 0 Å². The Balaban J connectivity index is 1.76. The average Bonchev–Trinajstić information content (AvgIpc) is 2.75. The number of benzene rings is 2. The molecule has 2 heterocycles. The van der Waals surface area contributed by atoms with Crippen molar-refractivity contribution in [2.24, 2.45) is 0 Å². The molecule has 0 unspecified atom stereocenters. The molecule has 0 aliphatic carbocycles. The lowest BCUT2D eigenvalue weighted by molar-refractivity contribution is -0.116. The van der Waals surface area contributed by atoms with Gasteiger partial charge >= 0.3 is 0 Å². The number of rotatable bonds is 5. The Morgan fingerprint density at radius 1 is 1.00 bits per heavy atom. The van der Waals surface area contributed by atoms with E-state index in [1.165, 1.54) is 47.4 Å². The summed E-state index contributed by atoms with van der Waals surface area (Å²) < 4.78 is 15.4. The van der Waals surface area contributed by atoms with Crippen LogP contribution in [-0.2, 0) is 11.3 Å². The Hall–Kier alpha value is -4.13. The summed E-state index contributed by atoms with van der Waals surface area (Å²) in [5.41, 5.74) is 2.57. The van der Waals surface area contributed by atoms with E-state index in [4.69, 9.17) is 0 Å². The number of hydrogen-bond donors (Lipinski definition) is 1. The summed E-state index contributed by atoms with van der Waals surface area (Å²) in [5.74, 6) is -1.46. The number of halogens is 1. The van der Waals surface area contributed by atoms with E-state index in [0.29, 0.717) is 11.2 Å². The summed E-state index contributed by atoms with van der Waals surface area (Å²) in [7, 11) is 0. The zero-order valence-corrected chi connectivity index (χ0v) is 17.6. The minimum absolute atomic E-state index is 0.0316. The van der Waals surface area contributed by atoms with Gasteiger partial charge in [-0.3, -0.25) is 19.4 Å². The fourth-order valence-electron chi connectivity index (χ4n) is 3.72. The minimum Gasteiger partial charge on any atom is -0.337 e. The number of carbonyl (C=O) groups excluding carboxylic acids is 2. The molecule has 0 saturated heterocycles. The first kappa shape index (κ1) is 21.1. The highest BCUT2D eigenvalue weighted by Gasteiger charge is 2.18. The van der Waals surface area contributed by atoms with E-state index >= 15 is 0 Å². The molecule has 0 saturated carbocycles. The number of aryl methyl sites for hydroxylation is 2. The van der Waals surface area contributed by atoms with Gasteiger partial charge in [0.2, 0.25) is 11.3 Å². The Bertz CT molecular complexity index is 1390. The third kappa shape index (κ3) is 4.32. The number of nitrogens with zero attached hydrogens (tertiary/aromatic N) is 2. The van der Waals surface area contributed by atoms with Gasteiger partial charge < -0.3 is 9.88 Å². The number of carbonyl (C=O) groups is 2. The topological polar surface area (TPSA) is 81.1 Å². The van der Waals surface area contributed by atoms with Crippen LogP contribution in [0.3, 0.4) is 0 Å². The smallest absolute Gasteiger partial charge is 0.244 e. The molecule has 1 amide bonds. The average molecular weight is 429 g/mol. The first-order valence-corrected chi connectivity index (χ1v) is 9.97. The third-order valence-electron chi connectivity index (χ3n) is 5.05. The van der Waals surface area contributed by atoms with Gasteiger partial charge in [0.25, 0.3) is 0 Å². The monoisotopic (exact) mass is 429 g/mol. The standard InChI is InChI=1S/C25H20FN3O3/c1-15-9-16(2)11-19(10-15)28-23(30)14-29-13-21(24(31)17-5-7-27-8-6-17)25(32)20-12-18(26)3-4-22(20)29/h3-13H,14H2,1-2H3,(H,28,30). The first-order valence-electron chi connectivity index (χ1n) is 9.97. The van der Waals surface area contributed by atoms with Crippen molar-refractivity contribution in [3.05, 3.63) is 105 Å². The molecule has 32 heavy (non-hydrogen) atoms. The number of amides is 1. The lowest BCUT2D eigenvalue weighted by atomic mass is 10.0. The summed E-state index contributed by atoms with van der Waals surface area (Å²) in [4.78, 5) is 42.6. The van der Waals surface area contributed by atoms with Gasteiger partial charge in [0.15, 0.2) is 5.78 Å². The maximum atomic E-state index is 13.9. The van der Waals surface area contributed by atoms with E-state index in [9.17, 15) is 18.8 Å². The van der Waals surface area contributed by atoms with Crippen molar-refractivity contribution in [3.8, 4) is 0 Å². The van der Waals surface area contributed by atoms with Crippen LogP contribution in [0.1, 0.15) is 27.0 Å². The fraction of sp³-hybridized carbons (Fsp3) is 0.120. The Morgan fingerprint density at radius 2 is 1.69 bits per heavy atom. The highest BCUT2D eigenvalue weighted by atomic mass is 19.1. The number of nitrogens with one attached hydrogen (secondary N) is 1. The van der Waals surface area contributed by atoms with Crippen molar-refractivity contribution in [2.45, 2.75) is 20.4 Å². The molecule has 2 aromatic carbocycles. The molecule has 160 valence electrons. The number of hydrogen-bond acceptors (Lipinski definition) is 4. The predicted molar refractivity (Wildman–Crippen MR) is 120 cm³/mol. The highest BCUT2D eigenvalue weighted by Crippen LogP contribution is 2.17. The number of pyridine rings is 2. The van der Waals surface area contributed by atoms with Gasteiger partial charge in [-0.1, -0.05) is 6.07 Å². The molecular formula is C25H20FN3O3. The van der Waals surface area contributed by atoms with E-state index in [-0.39, 0.29) is 29.0 Å². The molecule has 0 fully saturated rings. The molecule has 0 radical (unpaired) electrons. The largest absolute Gasteiger partial charge is 0.337 e. The quantitative estimate of drug-likeness (QED) is 0.486. The maximum Gasteiger partial charge on any atom is 0.244 e. The van der Waals surface area contributed by atoms with E-state index < -0.39 is 17.0 Å². The fourth-order valence-corrected chi connectivity index (χ4v) is 3.72. The molecule has 0 atom stereocenters. The van der Waals surface area contributed by atoms with E-state index in [2.05, 4.69) is 10.3 Å². The molecule has 7 heteroatoms. The molecule has 2 aromatic heterocycles. The van der Waals surface area contributed by atoms with Crippen molar-refractivity contribution in [1.29, 1.82) is 0 Å². The normalized spacial score (nSPS) is 10.8. The lowest BCUT2D eigenvalue weighted by Gasteiger charge is -2.14. The Morgan fingerprint density at radius 3 is 2.38 bits per heavy atom. The van der Waals surface area contributed by atoms with E-state index in [1.54, 1.807) is 0 Å². The van der Waals surface area contributed by atoms with Crippen molar-refractivity contribution in [2.75, 3.05) is 5.32 Å². The van der Waals surface area contributed by atoms with Crippen molar-refractivity contribution >= 4 is 28.3 Å². The van der Waals surface area contributed by atoms with E-state index in [1.807, 2.05) is 32.0 Å². The van der Waals surface area contributed by atoms with Crippen LogP contribution in [0.5, 0.6) is 0 Å². The second-order valence-corrected chi connectivity index (χ2v) is 7.65. The third-order valence-corrected chi connectivity index (χ3v) is 5.05. The van der Waals surface area contributed by atoms with Crippen LogP contribution in [0.4, 0.5) is 10.1 Å². The second kappa shape index (κ2) is 8.55. The molecular weight excluding hydrogens is 409 g/mol. The predicted octanol–water partition coefficient (Wildman–Crippen LogP) is 4.02. The molecule has 0 aliphatic rings. The van der Waals surface area contributed by atoms with Crippen LogP contribution in [0.25, 0.3) is 10.9 Å². The van der Waals surface area contributed by atoms with Crippen LogP contribution in [0.15, 0.2) is 71.9 Å². The highest BCUT2D eigenvalue weighted by molar-refractivity contribution is 6.10. The van der Waals surface area contributed by atoms with Gasteiger partial charge in [-0.25, -0.2) is 4.39 Å². The Labute approximate surface area is 183 Å². The van der Waals surface area contributed by atoms with Crippen molar-refractivity contribution in [3.63, 3.8) is 0 Å². The zero-order valence-electron chi connectivity index (χ0n) is 17.6. The van der Waals surface area contributed by atoms with Crippen molar-refractivity contribution in [1.82, 2.24) is 9.55 Å². The number of anilines is 1. The summed E-state index contributed by atoms with van der Waals surface area (Å²) in [5, 5.41) is 2.87. The molecule has 0 aliphatic heterocycles. The number of aromatic nitrogens is 2. The van der Waals surface area contributed by atoms with Crippen molar-refractivity contribution < 1.29 is 14.0 Å². The SMILES string of the molecule is Cc1cc(C)cc(NC(=O)Cn2cc(C(=O)c3ccncc3)c(=O)c3cc(F)ccc32)c1. The first-order chi connectivity index (χ1) is 15.3. The zero-order chi connectivity index (χ0) is 22.8. The number of ketones is 1. The van der Waals surface area contributed by atoms with Gasteiger partial charge in [0, 0.05) is 35.2 Å². The maximum absolute atomic E-state index is 13.9. The molecule has 4 aromatic rings. The number of fused-ring (bicyclic) bond motifs is 1. The molecule has 4 rings (SSSR count). The molecule has 0 bridgehead atoms. The van der Waals surface area contributed by atoms with Crippen LogP contribution in [0.2, 0.25) is 0 Å². The summed E-state index contributed by atoms with van der Waals surface area (Å²) >= 11 is 0. The molecule has 0 spiro atoms. The van der Waals surface area contributed by atoms with Gasteiger partial charge in [-0.2, -0.15) is 0 Å². The molecule has 1 N–H and O–H groups in total. The second-order valence-electron chi connectivity index (χ2n) is 7.65. The van der Waals surface area contributed by atoms with E-state index in [0.717, 1.165) is 17.2 Å². The van der Waals surface area contributed by atoms with Gasteiger partial charge in [0.05, 0.1) is 11.1 Å². The van der Waals surface area contributed by atoms with Gasteiger partial charge in [0.1, 0.15) is 12.4 Å². The summed E-state index contributed by atoms with van der Waals surface area (Å²) in [6.07, 6.45) is 4.25. The summed E-state index contributed by atoms with van der Waals surface area (Å²) in [6, 6.07) is 12.4. The van der Waals surface area contributed by atoms with Gasteiger partial charge in [-0.05, 0) is 67.4 Å². The lowest BCUT2D eigenvalue weighted by Crippen LogP contribution is -2.24. The van der Waals surface area contributed by atoms with Crippen LogP contribution in [-0.4, -0.2) is 21.2 Å². The minimum atomic E-state index is -0.602.